The maximum Gasteiger partial charge on any atom is 0.292 e. The molecule has 1 atom stereocenters. The minimum absolute atomic E-state index is 0.107. The second kappa shape index (κ2) is 7.57. The van der Waals surface area contributed by atoms with Gasteiger partial charge in [0.2, 0.25) is 5.76 Å². The third kappa shape index (κ3) is 3.56. The maximum absolute atomic E-state index is 12.9. The Morgan fingerprint density at radius 2 is 2.21 bits per heavy atom. The van der Waals surface area contributed by atoms with Gasteiger partial charge in [-0.25, -0.2) is 4.98 Å². The highest BCUT2D eigenvalue weighted by Crippen LogP contribution is 2.27. The van der Waals surface area contributed by atoms with Gasteiger partial charge in [-0.1, -0.05) is 19.0 Å². The van der Waals surface area contributed by atoms with Gasteiger partial charge in [0.1, 0.15) is 5.82 Å². The van der Waals surface area contributed by atoms with Crippen LogP contribution < -0.4 is 0 Å². The van der Waals surface area contributed by atoms with Gasteiger partial charge in [-0.15, -0.1) is 10.2 Å². The number of likely N-dealkylation sites (tertiary alicyclic amines) is 1. The Morgan fingerprint density at radius 1 is 1.36 bits per heavy atom. The number of amides is 1. The summed E-state index contributed by atoms with van der Waals surface area (Å²) in [4.78, 5) is 18.8. The molecule has 0 radical (unpaired) electrons. The van der Waals surface area contributed by atoms with Crippen LogP contribution in [-0.2, 0) is 13.6 Å². The van der Waals surface area contributed by atoms with Gasteiger partial charge in [0, 0.05) is 44.5 Å². The lowest BCUT2D eigenvalue weighted by Gasteiger charge is -2.31. The number of imidazole rings is 1. The average Bonchev–Trinajstić information content (AvgIpc) is 3.44. The summed E-state index contributed by atoms with van der Waals surface area (Å²) in [5.74, 6) is 2.36. The summed E-state index contributed by atoms with van der Waals surface area (Å²) in [6.07, 6.45) is 7.31. The fourth-order valence-corrected chi connectivity index (χ4v) is 3.60. The van der Waals surface area contributed by atoms with Gasteiger partial charge >= 0.3 is 0 Å². The van der Waals surface area contributed by atoms with Crippen LogP contribution >= 0.6 is 0 Å². The highest BCUT2D eigenvalue weighted by molar-refractivity contribution is 5.91. The predicted octanol–water partition coefficient (Wildman–Crippen LogP) is 2.19. The lowest BCUT2D eigenvalue weighted by atomic mass is 9.97. The summed E-state index contributed by atoms with van der Waals surface area (Å²) in [5.41, 5.74) is 0.800. The van der Waals surface area contributed by atoms with E-state index in [1.54, 1.807) is 18.6 Å². The molecule has 9 heteroatoms. The Balaban J connectivity index is 1.47. The van der Waals surface area contributed by atoms with Gasteiger partial charge in [-0.2, -0.15) is 0 Å². The van der Waals surface area contributed by atoms with Gasteiger partial charge in [-0.3, -0.25) is 4.79 Å². The monoisotopic (exact) mass is 383 g/mol. The number of aromatic nitrogens is 6. The zero-order valence-corrected chi connectivity index (χ0v) is 16.4. The molecule has 3 aromatic heterocycles. The summed E-state index contributed by atoms with van der Waals surface area (Å²) >= 11 is 0. The minimum atomic E-state index is -0.107. The summed E-state index contributed by atoms with van der Waals surface area (Å²) in [7, 11) is 1.98. The van der Waals surface area contributed by atoms with Crippen LogP contribution in [0.1, 0.15) is 66.4 Å². The Kier molecular flexibility index (Phi) is 4.97. The second-order valence-corrected chi connectivity index (χ2v) is 7.63. The van der Waals surface area contributed by atoms with Crippen molar-refractivity contribution in [2.45, 2.75) is 45.1 Å². The van der Waals surface area contributed by atoms with Gasteiger partial charge < -0.3 is 18.6 Å². The van der Waals surface area contributed by atoms with Crippen LogP contribution in [0.5, 0.6) is 0 Å². The van der Waals surface area contributed by atoms with Crippen molar-refractivity contribution in [3.8, 4) is 0 Å². The largest absolute Gasteiger partial charge is 0.351 e. The van der Waals surface area contributed by atoms with Gasteiger partial charge in [0.25, 0.3) is 5.91 Å². The second-order valence-electron chi connectivity index (χ2n) is 7.63. The van der Waals surface area contributed by atoms with Crippen LogP contribution in [0.2, 0.25) is 0 Å². The van der Waals surface area contributed by atoms with Crippen LogP contribution in [0.3, 0.4) is 0 Å². The molecular formula is C19H25N7O2. The summed E-state index contributed by atoms with van der Waals surface area (Å²) in [6, 6.07) is 1.75. The first-order valence-electron chi connectivity index (χ1n) is 9.62. The molecule has 4 rings (SSSR count). The van der Waals surface area contributed by atoms with E-state index in [9.17, 15) is 4.79 Å². The number of piperidine rings is 1. The van der Waals surface area contributed by atoms with E-state index >= 15 is 0 Å². The van der Waals surface area contributed by atoms with Crippen molar-refractivity contribution in [2.75, 3.05) is 13.1 Å². The normalized spacial score (nSPS) is 17.4. The molecule has 9 nitrogen and oxygen atoms in total. The molecule has 28 heavy (non-hydrogen) atoms. The van der Waals surface area contributed by atoms with Crippen molar-refractivity contribution in [2.24, 2.45) is 7.05 Å². The SMILES string of the molecule is CC(C)c1cc(C(=O)N2CCC[C@H](c3nnc(Cn4ccnc4)n3C)C2)on1. The molecule has 1 aliphatic heterocycles. The molecule has 1 saturated heterocycles. The van der Waals surface area contributed by atoms with Crippen molar-refractivity contribution in [1.29, 1.82) is 0 Å². The van der Waals surface area contributed by atoms with Crippen LogP contribution in [0, 0.1) is 0 Å². The van der Waals surface area contributed by atoms with E-state index in [1.807, 2.05) is 41.1 Å². The summed E-state index contributed by atoms with van der Waals surface area (Å²) in [6.45, 7) is 5.99. The first-order chi connectivity index (χ1) is 13.5. The number of hydrogen-bond donors (Lipinski definition) is 0. The highest BCUT2D eigenvalue weighted by atomic mass is 16.5. The Labute approximate surface area is 163 Å². The number of hydrogen-bond acceptors (Lipinski definition) is 6. The number of rotatable bonds is 5. The number of carbonyl (C=O) groups is 1. The van der Waals surface area contributed by atoms with Crippen molar-refractivity contribution < 1.29 is 9.32 Å². The Hall–Kier alpha value is -2.97. The number of carbonyl (C=O) groups excluding carboxylic acids is 1. The quantitative estimate of drug-likeness (QED) is 0.670. The van der Waals surface area contributed by atoms with E-state index in [-0.39, 0.29) is 17.7 Å². The lowest BCUT2D eigenvalue weighted by Crippen LogP contribution is -2.39. The lowest BCUT2D eigenvalue weighted by molar-refractivity contribution is 0.0661. The van der Waals surface area contributed by atoms with Crippen molar-refractivity contribution in [3.63, 3.8) is 0 Å². The van der Waals surface area contributed by atoms with E-state index in [4.69, 9.17) is 4.52 Å². The van der Waals surface area contributed by atoms with Crippen molar-refractivity contribution in [3.05, 3.63) is 47.9 Å². The zero-order chi connectivity index (χ0) is 19.7. The van der Waals surface area contributed by atoms with E-state index in [0.717, 1.165) is 30.2 Å². The van der Waals surface area contributed by atoms with Crippen molar-refractivity contribution >= 4 is 5.91 Å². The maximum atomic E-state index is 12.9. The van der Waals surface area contributed by atoms with E-state index in [2.05, 4.69) is 20.3 Å². The third-order valence-electron chi connectivity index (χ3n) is 5.29. The van der Waals surface area contributed by atoms with E-state index < -0.39 is 0 Å². The molecule has 0 aliphatic carbocycles. The summed E-state index contributed by atoms with van der Waals surface area (Å²) < 4.78 is 9.28. The van der Waals surface area contributed by atoms with Gasteiger partial charge in [0.15, 0.2) is 5.82 Å². The molecule has 1 aliphatic rings. The van der Waals surface area contributed by atoms with Crippen LogP contribution in [0.25, 0.3) is 0 Å². The molecule has 0 aromatic carbocycles. The van der Waals surface area contributed by atoms with Crippen LogP contribution in [0.4, 0.5) is 0 Å². The first-order valence-corrected chi connectivity index (χ1v) is 9.62. The van der Waals surface area contributed by atoms with Crippen molar-refractivity contribution in [1.82, 2.24) is 34.4 Å². The average molecular weight is 383 g/mol. The predicted molar refractivity (Wildman–Crippen MR) is 101 cm³/mol. The topological polar surface area (TPSA) is 94.9 Å². The molecule has 4 heterocycles. The fraction of sp³-hybridized carbons (Fsp3) is 0.526. The Bertz CT molecular complexity index is 942. The first kappa shape index (κ1) is 18.4. The molecule has 1 amide bonds. The zero-order valence-electron chi connectivity index (χ0n) is 16.4. The standard InChI is InChI=1S/C19H25N7O2/c1-13(2)15-9-16(28-23-15)19(27)26-7-4-5-14(10-26)18-22-21-17(24(18)3)11-25-8-6-20-12-25/h6,8-9,12-14H,4-5,7,10-11H2,1-3H3/t14-/m0/s1. The number of nitrogens with zero attached hydrogens (tertiary/aromatic N) is 7. The molecule has 1 fully saturated rings. The molecule has 0 unspecified atom stereocenters. The van der Waals surface area contributed by atoms with E-state index in [1.165, 1.54) is 0 Å². The third-order valence-corrected chi connectivity index (χ3v) is 5.29. The Morgan fingerprint density at radius 3 is 2.93 bits per heavy atom. The van der Waals surface area contributed by atoms with E-state index in [0.29, 0.717) is 25.4 Å². The molecule has 0 N–H and O–H groups in total. The highest BCUT2D eigenvalue weighted by Gasteiger charge is 2.30. The summed E-state index contributed by atoms with van der Waals surface area (Å²) in [5, 5.41) is 12.8. The molecular weight excluding hydrogens is 358 g/mol. The molecule has 0 spiro atoms. The molecule has 3 aromatic rings. The van der Waals surface area contributed by atoms with Crippen LogP contribution in [0.15, 0.2) is 29.3 Å². The smallest absolute Gasteiger partial charge is 0.292 e. The molecule has 148 valence electrons. The molecule has 0 bridgehead atoms. The molecule has 0 saturated carbocycles. The minimum Gasteiger partial charge on any atom is -0.351 e. The fourth-order valence-electron chi connectivity index (χ4n) is 3.60. The van der Waals surface area contributed by atoms with Gasteiger partial charge in [0.05, 0.1) is 18.6 Å². The van der Waals surface area contributed by atoms with Gasteiger partial charge in [-0.05, 0) is 18.8 Å². The van der Waals surface area contributed by atoms with Crippen LogP contribution in [-0.4, -0.2) is 53.4 Å².